The van der Waals surface area contributed by atoms with Gasteiger partial charge in [-0.3, -0.25) is 4.79 Å². The molecule has 1 atom stereocenters. The first-order chi connectivity index (χ1) is 6.76. The van der Waals surface area contributed by atoms with Crippen molar-refractivity contribution in [3.8, 4) is 0 Å². The smallest absolute Gasteiger partial charge is 0.150 e. The van der Waals surface area contributed by atoms with Gasteiger partial charge in [-0.25, -0.2) is 0 Å². The number of carbonyl (C=O) groups is 1. The molecule has 2 nitrogen and oxygen atoms in total. The summed E-state index contributed by atoms with van der Waals surface area (Å²) in [6.45, 7) is 2.23. The Morgan fingerprint density at radius 3 is 2.57 bits per heavy atom. The highest BCUT2D eigenvalue weighted by Gasteiger charge is 2.01. The van der Waals surface area contributed by atoms with E-state index in [4.69, 9.17) is 5.11 Å². The van der Waals surface area contributed by atoms with Crippen molar-refractivity contribution < 1.29 is 9.90 Å². The largest absolute Gasteiger partial charge is 0.396 e. The molecule has 0 fully saturated rings. The third kappa shape index (κ3) is 3.52. The zero-order valence-electron chi connectivity index (χ0n) is 8.14. The number of carbonyl (C=O) groups excluding carboxylic acids is 1. The number of aliphatic hydroxyl groups excluding tert-OH is 1. The van der Waals surface area contributed by atoms with E-state index in [-0.39, 0.29) is 6.61 Å². The standard InChI is InChI=1S/C11H14O2S/c1-9(6-12)8-14-11-4-2-10(7-13)3-5-11/h2-5,7,9,12H,6,8H2,1H3. The topological polar surface area (TPSA) is 37.3 Å². The molecule has 76 valence electrons. The minimum absolute atomic E-state index is 0.222. The van der Waals surface area contributed by atoms with Crippen LogP contribution in [0, 0.1) is 5.92 Å². The van der Waals surface area contributed by atoms with Crippen molar-refractivity contribution in [3.05, 3.63) is 29.8 Å². The van der Waals surface area contributed by atoms with Crippen molar-refractivity contribution in [1.82, 2.24) is 0 Å². The van der Waals surface area contributed by atoms with Gasteiger partial charge >= 0.3 is 0 Å². The number of hydrogen-bond acceptors (Lipinski definition) is 3. The molecule has 0 aliphatic rings. The molecule has 0 radical (unpaired) electrons. The van der Waals surface area contributed by atoms with Crippen LogP contribution in [-0.2, 0) is 0 Å². The summed E-state index contributed by atoms with van der Waals surface area (Å²) in [6.07, 6.45) is 0.838. The van der Waals surface area contributed by atoms with Crippen molar-refractivity contribution in [2.24, 2.45) is 5.92 Å². The second-order valence-corrected chi connectivity index (χ2v) is 4.38. The number of aliphatic hydroxyl groups is 1. The van der Waals surface area contributed by atoms with Gasteiger partial charge in [0.25, 0.3) is 0 Å². The molecule has 1 unspecified atom stereocenters. The molecule has 0 bridgehead atoms. The number of thioether (sulfide) groups is 1. The molecule has 1 aromatic rings. The molecule has 14 heavy (non-hydrogen) atoms. The minimum atomic E-state index is 0.222. The van der Waals surface area contributed by atoms with Crippen LogP contribution in [-0.4, -0.2) is 23.8 Å². The molecule has 0 aliphatic carbocycles. The summed E-state index contributed by atoms with van der Waals surface area (Å²) in [7, 11) is 0. The van der Waals surface area contributed by atoms with E-state index in [1.807, 2.05) is 19.1 Å². The van der Waals surface area contributed by atoms with Crippen molar-refractivity contribution in [3.63, 3.8) is 0 Å². The van der Waals surface area contributed by atoms with Crippen LogP contribution in [0.3, 0.4) is 0 Å². The maximum Gasteiger partial charge on any atom is 0.150 e. The van der Waals surface area contributed by atoms with Crippen LogP contribution in [0.15, 0.2) is 29.2 Å². The molecule has 0 aliphatic heterocycles. The van der Waals surface area contributed by atoms with Crippen molar-refractivity contribution in [1.29, 1.82) is 0 Å². The molecule has 1 aromatic carbocycles. The van der Waals surface area contributed by atoms with Crippen LogP contribution in [0.4, 0.5) is 0 Å². The van der Waals surface area contributed by atoms with Gasteiger partial charge in [0, 0.05) is 22.8 Å². The predicted octanol–water partition coefficient (Wildman–Crippen LogP) is 2.22. The number of rotatable bonds is 5. The summed E-state index contributed by atoms with van der Waals surface area (Å²) in [6, 6.07) is 7.47. The van der Waals surface area contributed by atoms with Gasteiger partial charge < -0.3 is 5.11 Å². The van der Waals surface area contributed by atoms with Gasteiger partial charge in [-0.2, -0.15) is 0 Å². The lowest BCUT2D eigenvalue weighted by Crippen LogP contribution is -2.02. The summed E-state index contributed by atoms with van der Waals surface area (Å²) in [4.78, 5) is 11.5. The summed E-state index contributed by atoms with van der Waals surface area (Å²) in [5, 5.41) is 8.84. The molecular weight excluding hydrogens is 196 g/mol. The molecule has 0 heterocycles. The van der Waals surface area contributed by atoms with E-state index < -0.39 is 0 Å². The summed E-state index contributed by atoms with van der Waals surface area (Å²) >= 11 is 1.70. The molecule has 0 aromatic heterocycles. The Bertz CT molecular complexity index is 282. The van der Waals surface area contributed by atoms with E-state index in [0.717, 1.165) is 16.9 Å². The fourth-order valence-corrected chi connectivity index (χ4v) is 1.84. The van der Waals surface area contributed by atoms with Crippen LogP contribution in [0.2, 0.25) is 0 Å². The number of hydrogen-bond donors (Lipinski definition) is 1. The fourth-order valence-electron chi connectivity index (χ4n) is 0.934. The molecular formula is C11H14O2S. The van der Waals surface area contributed by atoms with E-state index in [1.54, 1.807) is 23.9 Å². The van der Waals surface area contributed by atoms with Crippen LogP contribution in [0.1, 0.15) is 17.3 Å². The Kier molecular flexibility index (Phi) is 4.70. The molecule has 1 N–H and O–H groups in total. The van der Waals surface area contributed by atoms with Crippen molar-refractivity contribution in [2.75, 3.05) is 12.4 Å². The van der Waals surface area contributed by atoms with E-state index in [0.29, 0.717) is 11.5 Å². The maximum absolute atomic E-state index is 10.4. The van der Waals surface area contributed by atoms with Gasteiger partial charge in [0.05, 0.1) is 0 Å². The minimum Gasteiger partial charge on any atom is -0.396 e. The quantitative estimate of drug-likeness (QED) is 0.598. The van der Waals surface area contributed by atoms with E-state index >= 15 is 0 Å². The average Bonchev–Trinajstić information content (AvgIpc) is 2.26. The molecule has 3 heteroatoms. The van der Waals surface area contributed by atoms with Crippen molar-refractivity contribution in [2.45, 2.75) is 11.8 Å². The molecule has 0 saturated heterocycles. The van der Waals surface area contributed by atoms with Gasteiger partial charge in [-0.05, 0) is 18.1 Å². The second kappa shape index (κ2) is 5.83. The SMILES string of the molecule is CC(CO)CSc1ccc(C=O)cc1. The predicted molar refractivity (Wildman–Crippen MR) is 58.8 cm³/mol. The lowest BCUT2D eigenvalue weighted by atomic mass is 10.2. The summed E-state index contributed by atoms with van der Waals surface area (Å²) in [5.74, 6) is 1.21. The van der Waals surface area contributed by atoms with E-state index in [1.165, 1.54) is 0 Å². The van der Waals surface area contributed by atoms with Crippen LogP contribution < -0.4 is 0 Å². The van der Waals surface area contributed by atoms with Gasteiger partial charge in [0.2, 0.25) is 0 Å². The monoisotopic (exact) mass is 210 g/mol. The lowest BCUT2D eigenvalue weighted by Gasteiger charge is -2.06. The van der Waals surface area contributed by atoms with Crippen molar-refractivity contribution >= 4 is 18.0 Å². The molecule has 0 amide bonds. The first-order valence-electron chi connectivity index (χ1n) is 4.55. The van der Waals surface area contributed by atoms with Crippen LogP contribution >= 0.6 is 11.8 Å². The maximum atomic E-state index is 10.4. The lowest BCUT2D eigenvalue weighted by molar-refractivity contribution is 0.112. The van der Waals surface area contributed by atoms with Gasteiger partial charge in [0.1, 0.15) is 6.29 Å². The first-order valence-corrected chi connectivity index (χ1v) is 5.53. The Labute approximate surface area is 88.3 Å². The number of aldehydes is 1. The number of benzene rings is 1. The summed E-state index contributed by atoms with van der Waals surface area (Å²) in [5.41, 5.74) is 0.699. The zero-order chi connectivity index (χ0) is 10.4. The third-order valence-electron chi connectivity index (χ3n) is 1.86. The third-order valence-corrected chi connectivity index (χ3v) is 3.20. The molecule has 1 rings (SSSR count). The summed E-state index contributed by atoms with van der Waals surface area (Å²) < 4.78 is 0. The normalized spacial score (nSPS) is 12.4. The van der Waals surface area contributed by atoms with Gasteiger partial charge in [-0.1, -0.05) is 19.1 Å². The van der Waals surface area contributed by atoms with Gasteiger partial charge in [0.15, 0.2) is 0 Å². The molecule has 0 saturated carbocycles. The first kappa shape index (κ1) is 11.3. The van der Waals surface area contributed by atoms with Gasteiger partial charge in [-0.15, -0.1) is 11.8 Å². The Morgan fingerprint density at radius 2 is 2.07 bits per heavy atom. The average molecular weight is 210 g/mol. The Balaban J connectivity index is 2.47. The second-order valence-electron chi connectivity index (χ2n) is 3.29. The Morgan fingerprint density at radius 1 is 1.43 bits per heavy atom. The molecule has 0 spiro atoms. The van der Waals surface area contributed by atoms with Crippen LogP contribution in [0.25, 0.3) is 0 Å². The van der Waals surface area contributed by atoms with Crippen LogP contribution in [0.5, 0.6) is 0 Å². The van der Waals surface area contributed by atoms with E-state index in [2.05, 4.69) is 0 Å². The zero-order valence-corrected chi connectivity index (χ0v) is 8.96. The fraction of sp³-hybridized carbons (Fsp3) is 0.364. The highest BCUT2D eigenvalue weighted by molar-refractivity contribution is 7.99. The highest BCUT2D eigenvalue weighted by Crippen LogP contribution is 2.20. The Hall–Kier alpha value is -0.800. The highest BCUT2D eigenvalue weighted by atomic mass is 32.2. The van der Waals surface area contributed by atoms with E-state index in [9.17, 15) is 4.79 Å².